The summed E-state index contributed by atoms with van der Waals surface area (Å²) in [5.41, 5.74) is -1.26. The monoisotopic (exact) mass is 276 g/mol. The minimum absolute atomic E-state index is 0.0833. The fourth-order valence-corrected chi connectivity index (χ4v) is 2.46. The van der Waals surface area contributed by atoms with Gasteiger partial charge in [0.2, 0.25) is 0 Å². The van der Waals surface area contributed by atoms with Gasteiger partial charge >= 0.3 is 11.9 Å². The van der Waals surface area contributed by atoms with Gasteiger partial charge in [-0.15, -0.1) is 0 Å². The molecule has 1 rings (SSSR count). The topological polar surface area (TPSA) is 52.6 Å². The van der Waals surface area contributed by atoms with Crippen molar-refractivity contribution in [3.63, 3.8) is 0 Å². The molecule has 0 aromatic heterocycles. The highest BCUT2D eigenvalue weighted by Gasteiger charge is 2.45. The van der Waals surface area contributed by atoms with E-state index >= 15 is 0 Å². The summed E-state index contributed by atoms with van der Waals surface area (Å²) in [7, 11) is 0. The lowest BCUT2D eigenvalue weighted by Gasteiger charge is -2.27. The molecule has 5 heteroatoms. The van der Waals surface area contributed by atoms with Crippen LogP contribution in [0.1, 0.15) is 52.9 Å². The lowest BCUT2D eigenvalue weighted by molar-refractivity contribution is -0.166. The first-order chi connectivity index (χ1) is 8.29. The molecule has 0 aromatic rings. The Kier molecular flexibility index (Phi) is 5.02. The predicted molar refractivity (Wildman–Crippen MR) is 68.2 cm³/mol. The summed E-state index contributed by atoms with van der Waals surface area (Å²) in [6.07, 6.45) is 3.28. The Morgan fingerprint density at radius 2 is 1.78 bits per heavy atom. The Morgan fingerprint density at radius 1 is 1.22 bits per heavy atom. The minimum atomic E-state index is -0.725. The summed E-state index contributed by atoms with van der Waals surface area (Å²) < 4.78 is 10.2. The summed E-state index contributed by atoms with van der Waals surface area (Å²) >= 11 is 5.42. The van der Waals surface area contributed by atoms with Crippen LogP contribution in [0.15, 0.2) is 0 Å². The molecule has 0 heterocycles. The van der Waals surface area contributed by atoms with Crippen molar-refractivity contribution < 1.29 is 19.1 Å². The SMILES string of the molecule is CC(C)(C)OC(=O)CC1(C(=O)OCCl)CCCC1. The van der Waals surface area contributed by atoms with Gasteiger partial charge in [-0.3, -0.25) is 9.59 Å². The molecule has 1 aliphatic rings. The van der Waals surface area contributed by atoms with Crippen LogP contribution in [0.4, 0.5) is 0 Å². The third kappa shape index (κ3) is 4.16. The van der Waals surface area contributed by atoms with E-state index in [0.29, 0.717) is 12.8 Å². The van der Waals surface area contributed by atoms with Gasteiger partial charge in [-0.1, -0.05) is 24.4 Å². The zero-order valence-corrected chi connectivity index (χ0v) is 12.0. The van der Waals surface area contributed by atoms with Crippen LogP contribution in [-0.2, 0) is 19.1 Å². The van der Waals surface area contributed by atoms with E-state index in [1.807, 2.05) is 20.8 Å². The van der Waals surface area contributed by atoms with Crippen molar-refractivity contribution >= 4 is 23.5 Å². The molecule has 1 fully saturated rings. The van der Waals surface area contributed by atoms with Crippen LogP contribution in [0, 0.1) is 5.41 Å². The smallest absolute Gasteiger partial charge is 0.313 e. The normalized spacial score (nSPS) is 18.4. The van der Waals surface area contributed by atoms with Gasteiger partial charge in [0, 0.05) is 0 Å². The number of rotatable bonds is 4. The summed E-state index contributed by atoms with van der Waals surface area (Å²) in [6, 6.07) is -0.172. The molecule has 0 atom stereocenters. The fraction of sp³-hybridized carbons (Fsp3) is 0.846. The zero-order chi connectivity index (χ0) is 13.8. The molecule has 0 aromatic carbocycles. The summed E-state index contributed by atoms with van der Waals surface area (Å²) in [4.78, 5) is 23.8. The number of esters is 2. The molecule has 0 radical (unpaired) electrons. The first-order valence-corrected chi connectivity index (χ1v) is 6.78. The molecule has 18 heavy (non-hydrogen) atoms. The second-order valence-corrected chi connectivity index (χ2v) is 6.01. The molecule has 0 N–H and O–H groups in total. The quantitative estimate of drug-likeness (QED) is 0.585. The summed E-state index contributed by atoms with van der Waals surface area (Å²) in [5.74, 6) is -0.725. The molecule has 1 saturated carbocycles. The van der Waals surface area contributed by atoms with Crippen LogP contribution in [0.5, 0.6) is 0 Å². The standard InChI is InChI=1S/C13H21ClO4/c1-12(2,3)18-10(15)8-13(6-4-5-7-13)11(16)17-9-14/h4-9H2,1-3H3. The Morgan fingerprint density at radius 3 is 2.22 bits per heavy atom. The second kappa shape index (κ2) is 5.91. The second-order valence-electron chi connectivity index (χ2n) is 5.79. The molecule has 0 unspecified atom stereocenters. The van der Waals surface area contributed by atoms with Crippen molar-refractivity contribution in [3.05, 3.63) is 0 Å². The van der Waals surface area contributed by atoms with E-state index in [0.717, 1.165) is 12.8 Å². The molecule has 0 amide bonds. The highest BCUT2D eigenvalue weighted by Crippen LogP contribution is 2.42. The Balaban J connectivity index is 2.69. The van der Waals surface area contributed by atoms with E-state index in [1.54, 1.807) is 0 Å². The first kappa shape index (κ1) is 15.3. The van der Waals surface area contributed by atoms with Crippen molar-refractivity contribution in [1.29, 1.82) is 0 Å². The van der Waals surface area contributed by atoms with Crippen molar-refractivity contribution in [3.8, 4) is 0 Å². The van der Waals surface area contributed by atoms with Crippen molar-refractivity contribution in [2.45, 2.75) is 58.5 Å². The maximum atomic E-state index is 12.0. The number of hydrogen-bond donors (Lipinski definition) is 0. The van der Waals surface area contributed by atoms with Gasteiger partial charge in [-0.25, -0.2) is 0 Å². The number of hydrogen-bond acceptors (Lipinski definition) is 4. The third-order valence-electron chi connectivity index (χ3n) is 3.08. The molecule has 0 saturated heterocycles. The van der Waals surface area contributed by atoms with Crippen molar-refractivity contribution in [2.24, 2.45) is 5.41 Å². The molecular weight excluding hydrogens is 256 g/mol. The highest BCUT2D eigenvalue weighted by atomic mass is 35.5. The Hall–Kier alpha value is -0.770. The van der Waals surface area contributed by atoms with Crippen molar-refractivity contribution in [2.75, 3.05) is 6.07 Å². The van der Waals surface area contributed by atoms with Gasteiger partial charge in [0.25, 0.3) is 0 Å². The number of carbonyl (C=O) groups excluding carboxylic acids is 2. The Bertz CT molecular complexity index is 313. The van der Waals surface area contributed by atoms with Gasteiger partial charge in [0.1, 0.15) is 5.60 Å². The van der Waals surface area contributed by atoms with Gasteiger partial charge in [-0.05, 0) is 33.6 Å². The van der Waals surface area contributed by atoms with Crippen LogP contribution in [0.3, 0.4) is 0 Å². The lowest BCUT2D eigenvalue weighted by atomic mass is 9.83. The average molecular weight is 277 g/mol. The van der Waals surface area contributed by atoms with E-state index in [4.69, 9.17) is 21.1 Å². The van der Waals surface area contributed by atoms with Crippen molar-refractivity contribution in [1.82, 2.24) is 0 Å². The molecule has 104 valence electrons. The minimum Gasteiger partial charge on any atom is -0.460 e. The lowest BCUT2D eigenvalue weighted by Crippen LogP contribution is -2.35. The molecular formula is C13H21ClO4. The maximum Gasteiger partial charge on any atom is 0.313 e. The number of carbonyl (C=O) groups is 2. The maximum absolute atomic E-state index is 12.0. The van der Waals surface area contributed by atoms with Crippen LogP contribution in [0.2, 0.25) is 0 Å². The number of halogens is 1. The van der Waals surface area contributed by atoms with E-state index < -0.39 is 11.0 Å². The van der Waals surface area contributed by atoms with Gasteiger partial charge < -0.3 is 9.47 Å². The summed E-state index contributed by atoms with van der Waals surface area (Å²) in [6.45, 7) is 5.43. The van der Waals surface area contributed by atoms with E-state index in [-0.39, 0.29) is 24.4 Å². The van der Waals surface area contributed by atoms with Crippen LogP contribution >= 0.6 is 11.6 Å². The van der Waals surface area contributed by atoms with Gasteiger partial charge in [-0.2, -0.15) is 0 Å². The number of alkyl halides is 1. The predicted octanol–water partition coefficient (Wildman–Crippen LogP) is 3.02. The molecule has 1 aliphatic carbocycles. The molecule has 0 bridgehead atoms. The number of ether oxygens (including phenoxy) is 2. The van der Waals surface area contributed by atoms with Crippen LogP contribution in [0.25, 0.3) is 0 Å². The van der Waals surface area contributed by atoms with E-state index in [1.165, 1.54) is 0 Å². The zero-order valence-electron chi connectivity index (χ0n) is 11.3. The molecule has 0 spiro atoms. The average Bonchev–Trinajstić information content (AvgIpc) is 2.64. The van der Waals surface area contributed by atoms with Gasteiger partial charge in [0.15, 0.2) is 6.07 Å². The van der Waals surface area contributed by atoms with Crippen LogP contribution < -0.4 is 0 Å². The molecule has 4 nitrogen and oxygen atoms in total. The summed E-state index contributed by atoms with van der Waals surface area (Å²) in [5, 5.41) is 0. The fourth-order valence-electron chi connectivity index (χ4n) is 2.36. The van der Waals surface area contributed by atoms with Crippen LogP contribution in [-0.4, -0.2) is 23.6 Å². The van der Waals surface area contributed by atoms with Gasteiger partial charge in [0.05, 0.1) is 11.8 Å². The van der Waals surface area contributed by atoms with E-state index in [9.17, 15) is 9.59 Å². The molecule has 0 aliphatic heterocycles. The Labute approximate surface area is 113 Å². The third-order valence-corrected chi connectivity index (χ3v) is 3.19. The first-order valence-electron chi connectivity index (χ1n) is 6.24. The van der Waals surface area contributed by atoms with E-state index in [2.05, 4.69) is 0 Å². The largest absolute Gasteiger partial charge is 0.460 e. The highest BCUT2D eigenvalue weighted by molar-refractivity contribution is 6.17.